The molecule has 0 aliphatic carbocycles. The molecule has 1 N–H and O–H groups in total. The van der Waals surface area contributed by atoms with Crippen molar-refractivity contribution in [2.24, 2.45) is 7.05 Å². The average molecular weight is 433 g/mol. The predicted octanol–water partition coefficient (Wildman–Crippen LogP) is 3.36. The van der Waals surface area contributed by atoms with Gasteiger partial charge in [0.2, 0.25) is 0 Å². The molecule has 0 amide bonds. The summed E-state index contributed by atoms with van der Waals surface area (Å²) in [4.78, 5) is 23.4. The Bertz CT molecular complexity index is 1160. The zero-order chi connectivity index (χ0) is 22.2. The molecule has 1 fully saturated rings. The van der Waals surface area contributed by atoms with Gasteiger partial charge in [0.05, 0.1) is 24.2 Å². The molecule has 1 aliphatic rings. The van der Waals surface area contributed by atoms with Crippen LogP contribution in [-0.4, -0.2) is 40.8 Å². The van der Waals surface area contributed by atoms with Crippen LogP contribution in [0.2, 0.25) is 0 Å². The number of benzene rings is 1. The highest BCUT2D eigenvalue weighted by atomic mass is 19.4. The number of rotatable bonds is 4. The minimum Gasteiger partial charge on any atom is -0.378 e. The van der Waals surface area contributed by atoms with E-state index in [0.29, 0.717) is 54.4 Å². The van der Waals surface area contributed by atoms with Gasteiger partial charge in [-0.2, -0.15) is 13.2 Å². The maximum Gasteiger partial charge on any atom is 0.416 e. The van der Waals surface area contributed by atoms with Crippen molar-refractivity contribution in [1.29, 1.82) is 0 Å². The molecule has 0 spiro atoms. The summed E-state index contributed by atoms with van der Waals surface area (Å²) in [6, 6.07) is 6.46. The number of pyridine rings is 1. The highest BCUT2D eigenvalue weighted by Crippen LogP contribution is 2.32. The minimum atomic E-state index is -4.41. The van der Waals surface area contributed by atoms with Gasteiger partial charge in [-0.3, -0.25) is 9.36 Å². The molecular weight excluding hydrogens is 411 g/mol. The topological polar surface area (TPSA) is 72.3 Å². The molecule has 1 saturated heterocycles. The quantitative estimate of drug-likeness (QED) is 0.681. The van der Waals surface area contributed by atoms with E-state index in [2.05, 4.69) is 15.3 Å². The molecular formula is C21H22F3N5O2. The largest absolute Gasteiger partial charge is 0.416 e. The third-order valence-corrected chi connectivity index (χ3v) is 5.40. The summed E-state index contributed by atoms with van der Waals surface area (Å²) >= 11 is 0. The van der Waals surface area contributed by atoms with Crippen molar-refractivity contribution in [2.45, 2.75) is 19.1 Å². The van der Waals surface area contributed by atoms with E-state index in [1.807, 2.05) is 4.90 Å². The first kappa shape index (κ1) is 21.1. The number of morpholine rings is 1. The molecule has 0 unspecified atom stereocenters. The Morgan fingerprint density at radius 1 is 1.16 bits per heavy atom. The highest BCUT2D eigenvalue weighted by Gasteiger charge is 2.30. The molecule has 164 valence electrons. The summed E-state index contributed by atoms with van der Waals surface area (Å²) in [6.45, 7) is 4.01. The lowest BCUT2D eigenvalue weighted by Crippen LogP contribution is -2.40. The van der Waals surface area contributed by atoms with E-state index < -0.39 is 17.8 Å². The van der Waals surface area contributed by atoms with Crippen LogP contribution in [0.1, 0.15) is 24.1 Å². The lowest BCUT2D eigenvalue weighted by atomic mass is 10.0. The third-order valence-electron chi connectivity index (χ3n) is 5.40. The maximum absolute atomic E-state index is 13.1. The van der Waals surface area contributed by atoms with Crippen molar-refractivity contribution >= 4 is 22.5 Å². The second-order valence-electron chi connectivity index (χ2n) is 7.44. The van der Waals surface area contributed by atoms with Gasteiger partial charge in [0.1, 0.15) is 23.5 Å². The van der Waals surface area contributed by atoms with Gasteiger partial charge in [-0.1, -0.05) is 12.1 Å². The Balaban J connectivity index is 1.72. The minimum absolute atomic E-state index is 0.176. The van der Waals surface area contributed by atoms with Crippen LogP contribution >= 0.6 is 0 Å². The number of halogens is 3. The van der Waals surface area contributed by atoms with Crippen LogP contribution in [-0.2, 0) is 18.0 Å². The number of aromatic nitrogens is 3. The van der Waals surface area contributed by atoms with E-state index in [0.717, 1.165) is 12.1 Å². The zero-order valence-corrected chi connectivity index (χ0v) is 17.1. The molecule has 0 radical (unpaired) electrons. The molecule has 1 atom stereocenters. The molecule has 0 saturated carbocycles. The van der Waals surface area contributed by atoms with Crippen LogP contribution < -0.4 is 15.8 Å². The molecule has 1 aromatic carbocycles. The Labute approximate surface area is 176 Å². The van der Waals surface area contributed by atoms with Crippen LogP contribution in [0, 0.1) is 0 Å². The van der Waals surface area contributed by atoms with Crippen LogP contribution in [0.3, 0.4) is 0 Å². The lowest BCUT2D eigenvalue weighted by Gasteiger charge is -2.28. The van der Waals surface area contributed by atoms with E-state index >= 15 is 0 Å². The SMILES string of the molecule is C[C@@H](Nc1ncnc2c1cc(N1CCOCC1)c(=O)n2C)c1cccc(C(F)(F)F)c1. The summed E-state index contributed by atoms with van der Waals surface area (Å²) in [5, 5.41) is 3.80. The van der Waals surface area contributed by atoms with Crippen LogP contribution in [0.5, 0.6) is 0 Å². The number of hydrogen-bond donors (Lipinski definition) is 1. The number of ether oxygens (including phenoxy) is 1. The number of fused-ring (bicyclic) bond motifs is 1. The van der Waals surface area contributed by atoms with Crippen LogP contribution in [0.15, 0.2) is 41.5 Å². The van der Waals surface area contributed by atoms with E-state index in [-0.39, 0.29) is 5.56 Å². The van der Waals surface area contributed by atoms with Crippen molar-refractivity contribution in [3.05, 3.63) is 58.1 Å². The van der Waals surface area contributed by atoms with Gasteiger partial charge in [-0.05, 0) is 30.7 Å². The van der Waals surface area contributed by atoms with Gasteiger partial charge in [0.25, 0.3) is 5.56 Å². The second kappa shape index (κ2) is 8.18. The first-order valence-corrected chi connectivity index (χ1v) is 9.87. The summed E-state index contributed by atoms with van der Waals surface area (Å²) in [7, 11) is 1.64. The van der Waals surface area contributed by atoms with Gasteiger partial charge >= 0.3 is 6.18 Å². The van der Waals surface area contributed by atoms with E-state index in [4.69, 9.17) is 4.74 Å². The summed E-state index contributed by atoms with van der Waals surface area (Å²) in [6.07, 6.45) is -3.08. The molecule has 0 bridgehead atoms. The monoisotopic (exact) mass is 433 g/mol. The van der Waals surface area contributed by atoms with Gasteiger partial charge in [-0.25, -0.2) is 9.97 Å². The number of hydrogen-bond acceptors (Lipinski definition) is 6. The fraction of sp³-hybridized carbons (Fsp3) is 0.381. The first-order chi connectivity index (χ1) is 14.8. The van der Waals surface area contributed by atoms with Crippen LogP contribution in [0.25, 0.3) is 11.0 Å². The molecule has 31 heavy (non-hydrogen) atoms. The van der Waals surface area contributed by atoms with Crippen molar-refractivity contribution in [3.8, 4) is 0 Å². The van der Waals surface area contributed by atoms with Gasteiger partial charge in [-0.15, -0.1) is 0 Å². The van der Waals surface area contributed by atoms with E-state index in [9.17, 15) is 18.0 Å². The van der Waals surface area contributed by atoms with Crippen molar-refractivity contribution in [1.82, 2.24) is 14.5 Å². The van der Waals surface area contributed by atoms with Gasteiger partial charge < -0.3 is 15.0 Å². The number of nitrogens with one attached hydrogen (secondary N) is 1. The fourth-order valence-electron chi connectivity index (χ4n) is 3.67. The highest BCUT2D eigenvalue weighted by molar-refractivity contribution is 5.89. The molecule has 1 aliphatic heterocycles. The number of alkyl halides is 3. The Kier molecular flexibility index (Phi) is 5.57. The lowest BCUT2D eigenvalue weighted by molar-refractivity contribution is -0.137. The fourth-order valence-corrected chi connectivity index (χ4v) is 3.67. The average Bonchev–Trinajstić information content (AvgIpc) is 2.76. The Morgan fingerprint density at radius 2 is 1.90 bits per heavy atom. The normalized spacial score (nSPS) is 15.8. The summed E-state index contributed by atoms with van der Waals surface area (Å²) < 4.78 is 46.1. The van der Waals surface area contributed by atoms with E-state index in [1.165, 1.54) is 17.0 Å². The molecule has 2 aromatic heterocycles. The Morgan fingerprint density at radius 3 is 2.61 bits per heavy atom. The second-order valence-corrected chi connectivity index (χ2v) is 7.44. The van der Waals surface area contributed by atoms with Gasteiger partial charge in [0, 0.05) is 26.2 Å². The molecule has 7 nitrogen and oxygen atoms in total. The van der Waals surface area contributed by atoms with Crippen molar-refractivity contribution in [2.75, 3.05) is 36.5 Å². The molecule has 10 heteroatoms. The number of aryl methyl sites for hydroxylation is 1. The zero-order valence-electron chi connectivity index (χ0n) is 17.1. The third kappa shape index (κ3) is 4.20. The molecule has 3 aromatic rings. The maximum atomic E-state index is 13.1. The smallest absolute Gasteiger partial charge is 0.378 e. The predicted molar refractivity (Wildman–Crippen MR) is 111 cm³/mol. The summed E-state index contributed by atoms with van der Waals surface area (Å²) in [5.41, 5.74) is 0.548. The standard InChI is InChI=1S/C21H22F3N5O2/c1-13(14-4-3-5-15(10-14)21(22,23)24)27-18-16-11-17(29-6-8-31-9-7-29)20(30)28(2)19(16)26-12-25-18/h3-5,10-13H,6-9H2,1-2H3,(H,25,26,27)/t13-/m1/s1. The van der Waals surface area contributed by atoms with Crippen LogP contribution in [0.4, 0.5) is 24.7 Å². The Hall–Kier alpha value is -3.14. The van der Waals surface area contributed by atoms with E-state index in [1.54, 1.807) is 26.1 Å². The molecule has 3 heterocycles. The van der Waals surface area contributed by atoms with Gasteiger partial charge in [0.15, 0.2) is 0 Å². The number of anilines is 2. The number of nitrogens with zero attached hydrogens (tertiary/aromatic N) is 4. The first-order valence-electron chi connectivity index (χ1n) is 9.87. The van der Waals surface area contributed by atoms with Crippen molar-refractivity contribution in [3.63, 3.8) is 0 Å². The summed E-state index contributed by atoms with van der Waals surface area (Å²) in [5.74, 6) is 0.444. The van der Waals surface area contributed by atoms with Crippen molar-refractivity contribution < 1.29 is 17.9 Å². The molecule has 4 rings (SSSR count).